The molecule has 0 spiro atoms. The van der Waals surface area contributed by atoms with Crippen molar-refractivity contribution in [1.29, 1.82) is 0 Å². The van der Waals surface area contributed by atoms with Crippen molar-refractivity contribution in [2.75, 3.05) is 5.43 Å². The number of aromatic nitrogens is 1. The average molecular weight is 262 g/mol. The molecule has 0 saturated heterocycles. The lowest BCUT2D eigenvalue weighted by molar-refractivity contribution is 0.0933. The number of hydrazine groups is 1. The Morgan fingerprint density at radius 2 is 2.21 bits per heavy atom. The molecule has 104 valence electrons. The second kappa shape index (κ2) is 6.52. The van der Waals surface area contributed by atoms with Crippen molar-refractivity contribution >= 4 is 11.7 Å². The lowest BCUT2D eigenvalue weighted by atomic mass is 10.0. The summed E-state index contributed by atoms with van der Waals surface area (Å²) in [6.07, 6.45) is 7.38. The minimum Gasteiger partial charge on any atom is -0.349 e. The third-order valence-electron chi connectivity index (χ3n) is 3.76. The summed E-state index contributed by atoms with van der Waals surface area (Å²) in [6.45, 7) is 2.28. The summed E-state index contributed by atoms with van der Waals surface area (Å²) in [5, 5.41) is 3.11. The number of carbonyl (C=O) groups excluding carboxylic acids is 1. The molecule has 0 bridgehead atoms. The van der Waals surface area contributed by atoms with Gasteiger partial charge in [-0.1, -0.05) is 19.8 Å². The summed E-state index contributed by atoms with van der Waals surface area (Å²) in [5.74, 6) is 6.53. The van der Waals surface area contributed by atoms with Gasteiger partial charge in [0.15, 0.2) is 0 Å². The third-order valence-corrected chi connectivity index (χ3v) is 3.76. The molecule has 2 rings (SSSR count). The Bertz CT molecular complexity index is 435. The minimum atomic E-state index is -0.0431. The number of carbonyl (C=O) groups is 1. The maximum atomic E-state index is 12.2. The van der Waals surface area contributed by atoms with Crippen LogP contribution in [-0.2, 0) is 0 Å². The van der Waals surface area contributed by atoms with E-state index >= 15 is 0 Å². The highest BCUT2D eigenvalue weighted by Gasteiger charge is 2.18. The first-order valence-electron chi connectivity index (χ1n) is 6.92. The Balaban J connectivity index is 1.96. The monoisotopic (exact) mass is 262 g/mol. The third kappa shape index (κ3) is 3.92. The zero-order chi connectivity index (χ0) is 13.7. The van der Waals surface area contributed by atoms with E-state index in [4.69, 9.17) is 5.84 Å². The summed E-state index contributed by atoms with van der Waals surface area (Å²) in [7, 11) is 0. The van der Waals surface area contributed by atoms with Gasteiger partial charge in [-0.3, -0.25) is 4.79 Å². The number of rotatable bonds is 3. The van der Waals surface area contributed by atoms with Crippen LogP contribution in [-0.4, -0.2) is 16.9 Å². The van der Waals surface area contributed by atoms with Gasteiger partial charge in [-0.2, -0.15) is 0 Å². The molecule has 1 aromatic rings. The highest BCUT2D eigenvalue weighted by Crippen LogP contribution is 2.22. The fourth-order valence-corrected chi connectivity index (χ4v) is 2.55. The molecule has 2 atom stereocenters. The van der Waals surface area contributed by atoms with E-state index in [0.717, 1.165) is 18.8 Å². The molecule has 1 heterocycles. The molecule has 5 heteroatoms. The Hall–Kier alpha value is -1.62. The molecule has 2 unspecified atom stereocenters. The largest absolute Gasteiger partial charge is 0.349 e. The lowest BCUT2D eigenvalue weighted by Gasteiger charge is -2.16. The molecular weight excluding hydrogens is 240 g/mol. The number of nitrogens with one attached hydrogen (secondary N) is 2. The van der Waals surface area contributed by atoms with Gasteiger partial charge in [0.25, 0.3) is 5.91 Å². The minimum absolute atomic E-state index is 0.0431. The molecule has 4 N–H and O–H groups in total. The molecule has 1 aliphatic rings. The van der Waals surface area contributed by atoms with Gasteiger partial charge in [0.05, 0.1) is 0 Å². The number of amides is 1. The van der Waals surface area contributed by atoms with Crippen LogP contribution in [0.4, 0.5) is 5.82 Å². The van der Waals surface area contributed by atoms with Gasteiger partial charge in [-0.05, 0) is 37.3 Å². The van der Waals surface area contributed by atoms with Crippen LogP contribution in [0.3, 0.4) is 0 Å². The predicted molar refractivity (Wildman–Crippen MR) is 75.6 cm³/mol. The first-order valence-corrected chi connectivity index (χ1v) is 6.92. The van der Waals surface area contributed by atoms with Crippen molar-refractivity contribution < 1.29 is 4.79 Å². The van der Waals surface area contributed by atoms with Crippen LogP contribution in [0, 0.1) is 5.92 Å². The second-order valence-electron chi connectivity index (χ2n) is 5.36. The summed E-state index contributed by atoms with van der Waals surface area (Å²) in [4.78, 5) is 16.2. The number of anilines is 1. The van der Waals surface area contributed by atoms with E-state index < -0.39 is 0 Å². The molecule has 0 radical (unpaired) electrons. The highest BCUT2D eigenvalue weighted by atomic mass is 16.1. The Morgan fingerprint density at radius 3 is 3.00 bits per heavy atom. The zero-order valence-electron chi connectivity index (χ0n) is 11.4. The van der Waals surface area contributed by atoms with E-state index in [2.05, 4.69) is 22.7 Å². The first kappa shape index (κ1) is 13.8. The van der Waals surface area contributed by atoms with Crippen molar-refractivity contribution in [3.63, 3.8) is 0 Å². The van der Waals surface area contributed by atoms with Gasteiger partial charge < -0.3 is 10.7 Å². The van der Waals surface area contributed by atoms with Gasteiger partial charge in [-0.25, -0.2) is 10.8 Å². The number of nitrogens with zero attached hydrogens (tertiary/aromatic N) is 1. The van der Waals surface area contributed by atoms with Gasteiger partial charge in [0.2, 0.25) is 0 Å². The van der Waals surface area contributed by atoms with Gasteiger partial charge in [0.1, 0.15) is 5.82 Å². The lowest BCUT2D eigenvalue weighted by Crippen LogP contribution is -2.34. The molecule has 1 amide bonds. The molecule has 1 aliphatic carbocycles. The van der Waals surface area contributed by atoms with Crippen LogP contribution >= 0.6 is 0 Å². The van der Waals surface area contributed by atoms with Gasteiger partial charge in [0, 0.05) is 17.8 Å². The Kier molecular flexibility index (Phi) is 4.74. The normalized spacial score (nSPS) is 23.5. The summed E-state index contributed by atoms with van der Waals surface area (Å²) < 4.78 is 0. The SMILES string of the molecule is CC1CCCC(NC(=O)c2ccnc(NN)c2)CC1. The molecule has 19 heavy (non-hydrogen) atoms. The van der Waals surface area contributed by atoms with Crippen molar-refractivity contribution in [3.8, 4) is 0 Å². The number of nitrogen functional groups attached to an aromatic ring is 1. The Morgan fingerprint density at radius 1 is 1.37 bits per heavy atom. The number of pyridine rings is 1. The maximum absolute atomic E-state index is 12.2. The number of nitrogens with two attached hydrogens (primary N) is 1. The van der Waals surface area contributed by atoms with Gasteiger partial charge >= 0.3 is 0 Å². The summed E-state index contributed by atoms with van der Waals surface area (Å²) in [6, 6.07) is 3.66. The van der Waals surface area contributed by atoms with Crippen LogP contribution < -0.4 is 16.6 Å². The molecule has 5 nitrogen and oxygen atoms in total. The van der Waals surface area contributed by atoms with Crippen LogP contribution in [0.2, 0.25) is 0 Å². The van der Waals surface area contributed by atoms with Crippen molar-refractivity contribution in [3.05, 3.63) is 23.9 Å². The highest BCUT2D eigenvalue weighted by molar-refractivity contribution is 5.94. The van der Waals surface area contributed by atoms with E-state index in [-0.39, 0.29) is 5.91 Å². The molecule has 0 aliphatic heterocycles. The fraction of sp³-hybridized carbons (Fsp3) is 0.571. The number of hydrogen-bond donors (Lipinski definition) is 3. The molecule has 1 saturated carbocycles. The van der Waals surface area contributed by atoms with E-state index in [1.54, 1.807) is 18.3 Å². The van der Waals surface area contributed by atoms with E-state index in [0.29, 0.717) is 17.4 Å². The quantitative estimate of drug-likeness (QED) is 0.442. The average Bonchev–Trinajstić information content (AvgIpc) is 2.64. The molecule has 1 fully saturated rings. The van der Waals surface area contributed by atoms with Crippen molar-refractivity contribution in [2.24, 2.45) is 11.8 Å². The van der Waals surface area contributed by atoms with Crippen LogP contribution in [0.15, 0.2) is 18.3 Å². The number of hydrogen-bond acceptors (Lipinski definition) is 4. The molecule has 1 aromatic heterocycles. The van der Waals surface area contributed by atoms with E-state index in [1.165, 1.54) is 19.3 Å². The maximum Gasteiger partial charge on any atom is 0.251 e. The van der Waals surface area contributed by atoms with E-state index in [1.807, 2.05) is 0 Å². The topological polar surface area (TPSA) is 80.0 Å². The van der Waals surface area contributed by atoms with Crippen molar-refractivity contribution in [2.45, 2.75) is 45.1 Å². The Labute approximate surface area is 114 Å². The zero-order valence-corrected chi connectivity index (χ0v) is 11.4. The molecular formula is C14H22N4O. The van der Waals surface area contributed by atoms with Crippen molar-refractivity contribution in [1.82, 2.24) is 10.3 Å². The van der Waals surface area contributed by atoms with Crippen LogP contribution in [0.1, 0.15) is 49.4 Å². The second-order valence-corrected chi connectivity index (χ2v) is 5.36. The predicted octanol–water partition coefficient (Wildman–Crippen LogP) is 2.07. The van der Waals surface area contributed by atoms with Crippen LogP contribution in [0.5, 0.6) is 0 Å². The smallest absolute Gasteiger partial charge is 0.251 e. The van der Waals surface area contributed by atoms with Gasteiger partial charge in [-0.15, -0.1) is 0 Å². The first-order chi connectivity index (χ1) is 9.19. The standard InChI is InChI=1S/C14H22N4O/c1-10-3-2-4-12(6-5-10)17-14(19)11-7-8-16-13(9-11)18-15/h7-10,12H,2-6,15H2,1H3,(H,16,18)(H,17,19). The van der Waals surface area contributed by atoms with Crippen LogP contribution in [0.25, 0.3) is 0 Å². The fourth-order valence-electron chi connectivity index (χ4n) is 2.55. The summed E-state index contributed by atoms with van der Waals surface area (Å²) in [5.41, 5.74) is 3.05. The van der Waals surface area contributed by atoms with E-state index in [9.17, 15) is 4.79 Å². The molecule has 0 aromatic carbocycles. The summed E-state index contributed by atoms with van der Waals surface area (Å²) >= 11 is 0.